The monoisotopic (exact) mass is 459 g/mol. The van der Waals surface area contributed by atoms with Crippen LogP contribution in [0.2, 0.25) is 5.02 Å². The van der Waals surface area contributed by atoms with Gasteiger partial charge in [-0.25, -0.2) is 4.98 Å². The molecule has 2 aliphatic heterocycles. The summed E-state index contributed by atoms with van der Waals surface area (Å²) in [5.41, 5.74) is 2.65. The van der Waals surface area contributed by atoms with Gasteiger partial charge in [-0.3, -0.25) is 4.79 Å². The van der Waals surface area contributed by atoms with Crippen molar-refractivity contribution in [3.8, 4) is 6.01 Å². The van der Waals surface area contributed by atoms with Crippen molar-refractivity contribution in [2.75, 3.05) is 13.2 Å². The maximum absolute atomic E-state index is 11.1. The fourth-order valence-electron chi connectivity index (χ4n) is 4.94. The molecule has 10 heteroatoms. The normalized spacial score (nSPS) is 35.7. The topological polar surface area (TPSA) is 127 Å². The molecule has 2 aliphatic carbocycles. The molecular weight excluding hydrogens is 438 g/mol. The Labute approximate surface area is 188 Å². The highest BCUT2D eigenvalue weighted by Gasteiger charge is 2.49. The standard InChI is InChI=1S/C22H22ClN3O6/c23-13-6-14-20(26-22(24-14)32-16-8-31-18-15(27)7-30-19(16)18)25-17(13)10-3-1-9(2-4-10)11-5-12(11)21(28)29/h1,3-4,6,9,11-12,15-16,18-19,27H,2,5,7-8H2,(H,28,29)(H,24,25,26). The van der Waals surface area contributed by atoms with Crippen LogP contribution in [0.1, 0.15) is 18.5 Å². The number of allylic oxidation sites excluding steroid dienone is 4. The fraction of sp³-hybridized carbons (Fsp3) is 0.500. The van der Waals surface area contributed by atoms with E-state index in [4.69, 9.17) is 30.9 Å². The third kappa shape index (κ3) is 3.40. The summed E-state index contributed by atoms with van der Waals surface area (Å²) in [4.78, 5) is 23.3. The number of aliphatic hydroxyl groups excluding tert-OH is 1. The molecule has 0 aromatic carbocycles. The van der Waals surface area contributed by atoms with Crippen LogP contribution in [0.4, 0.5) is 0 Å². The number of aromatic nitrogens is 3. The Morgan fingerprint density at radius 3 is 2.84 bits per heavy atom. The second-order valence-corrected chi connectivity index (χ2v) is 9.22. The Hall–Kier alpha value is -2.46. The molecule has 0 radical (unpaired) electrons. The second kappa shape index (κ2) is 7.55. The summed E-state index contributed by atoms with van der Waals surface area (Å²) in [7, 11) is 0. The number of aliphatic hydroxyl groups is 1. The molecule has 4 heterocycles. The van der Waals surface area contributed by atoms with Gasteiger partial charge in [0.2, 0.25) is 0 Å². The number of H-pyrrole nitrogens is 1. The zero-order valence-electron chi connectivity index (χ0n) is 17.0. The third-order valence-electron chi connectivity index (χ3n) is 6.76. The van der Waals surface area contributed by atoms with Crippen molar-refractivity contribution < 1.29 is 29.2 Å². The quantitative estimate of drug-likeness (QED) is 0.621. The van der Waals surface area contributed by atoms with Gasteiger partial charge in [-0.15, -0.1) is 0 Å². The average molecular weight is 460 g/mol. The Morgan fingerprint density at radius 2 is 2.09 bits per heavy atom. The summed E-state index contributed by atoms with van der Waals surface area (Å²) in [5.74, 6) is -0.483. The molecule has 4 aliphatic rings. The largest absolute Gasteiger partial charge is 0.481 e. The van der Waals surface area contributed by atoms with Crippen LogP contribution in [0.25, 0.3) is 16.7 Å². The van der Waals surface area contributed by atoms with Crippen LogP contribution < -0.4 is 4.74 Å². The van der Waals surface area contributed by atoms with Gasteiger partial charge in [0.15, 0.2) is 11.8 Å². The molecule has 3 fully saturated rings. The van der Waals surface area contributed by atoms with E-state index in [-0.39, 0.29) is 42.7 Å². The molecule has 2 aromatic rings. The van der Waals surface area contributed by atoms with E-state index in [1.165, 1.54) is 0 Å². The molecule has 7 unspecified atom stereocenters. The molecule has 168 valence electrons. The predicted molar refractivity (Wildman–Crippen MR) is 113 cm³/mol. The van der Waals surface area contributed by atoms with Gasteiger partial charge in [0, 0.05) is 0 Å². The number of imidazole rings is 1. The molecule has 9 nitrogen and oxygen atoms in total. The highest BCUT2D eigenvalue weighted by molar-refractivity contribution is 6.32. The van der Waals surface area contributed by atoms with Crippen molar-refractivity contribution in [1.82, 2.24) is 15.0 Å². The number of hydrogen-bond donors (Lipinski definition) is 3. The van der Waals surface area contributed by atoms with E-state index in [1.54, 1.807) is 6.07 Å². The minimum atomic E-state index is -0.708. The molecule has 0 amide bonds. The summed E-state index contributed by atoms with van der Waals surface area (Å²) in [6, 6.07) is 2.06. The zero-order valence-corrected chi connectivity index (χ0v) is 17.7. The summed E-state index contributed by atoms with van der Waals surface area (Å²) in [5, 5.41) is 19.5. The maximum Gasteiger partial charge on any atom is 0.306 e. The number of hydrogen-bond acceptors (Lipinski definition) is 7. The number of halogens is 1. The van der Waals surface area contributed by atoms with E-state index in [0.29, 0.717) is 34.5 Å². The van der Waals surface area contributed by atoms with Crippen LogP contribution in [0.5, 0.6) is 6.01 Å². The number of rotatable bonds is 5. The Kier molecular flexibility index (Phi) is 4.76. The number of nitrogens with one attached hydrogen (secondary N) is 1. The van der Waals surface area contributed by atoms with Gasteiger partial charge >= 0.3 is 5.97 Å². The molecule has 7 atom stereocenters. The predicted octanol–water partition coefficient (Wildman–Crippen LogP) is 2.20. The number of carbonyl (C=O) groups is 1. The van der Waals surface area contributed by atoms with E-state index >= 15 is 0 Å². The average Bonchev–Trinajstić information content (AvgIpc) is 3.15. The lowest BCUT2D eigenvalue weighted by molar-refractivity contribution is -0.139. The lowest BCUT2D eigenvalue weighted by atomic mass is 9.90. The zero-order chi connectivity index (χ0) is 22.0. The van der Waals surface area contributed by atoms with E-state index in [2.05, 4.69) is 27.1 Å². The van der Waals surface area contributed by atoms with Crippen LogP contribution in [-0.4, -0.2) is 68.8 Å². The lowest BCUT2D eigenvalue weighted by Gasteiger charge is -2.16. The lowest BCUT2D eigenvalue weighted by Crippen LogP contribution is -2.34. The first-order valence-corrected chi connectivity index (χ1v) is 11.1. The Balaban J connectivity index is 1.19. The smallest absolute Gasteiger partial charge is 0.306 e. The number of aliphatic carboxylic acids is 1. The van der Waals surface area contributed by atoms with Gasteiger partial charge in [-0.2, -0.15) is 4.98 Å². The van der Waals surface area contributed by atoms with Crippen molar-refractivity contribution in [3.63, 3.8) is 0 Å². The minimum absolute atomic E-state index is 0.211. The van der Waals surface area contributed by atoms with Gasteiger partial charge in [0.25, 0.3) is 6.01 Å². The molecule has 0 spiro atoms. The third-order valence-corrected chi connectivity index (χ3v) is 7.05. The SMILES string of the molecule is O=C(O)C1CC1C1C=CC(c2nc3nc(OC4COC5C(O)COC45)[nH]c3cc2Cl)=CC1. The van der Waals surface area contributed by atoms with Gasteiger partial charge in [0.05, 0.1) is 35.4 Å². The summed E-state index contributed by atoms with van der Waals surface area (Å²) < 4.78 is 17.1. The van der Waals surface area contributed by atoms with Crippen LogP contribution in [0.15, 0.2) is 24.3 Å². The van der Waals surface area contributed by atoms with Gasteiger partial charge < -0.3 is 29.4 Å². The van der Waals surface area contributed by atoms with Crippen molar-refractivity contribution >= 4 is 34.3 Å². The molecule has 3 N–H and O–H groups in total. The molecule has 6 rings (SSSR count). The van der Waals surface area contributed by atoms with Gasteiger partial charge in [-0.1, -0.05) is 29.8 Å². The van der Waals surface area contributed by atoms with Crippen molar-refractivity contribution in [3.05, 3.63) is 35.0 Å². The fourth-order valence-corrected chi connectivity index (χ4v) is 5.20. The number of ether oxygens (including phenoxy) is 3. The molecule has 32 heavy (non-hydrogen) atoms. The number of carboxylic acids is 1. The first-order valence-electron chi connectivity index (χ1n) is 10.7. The van der Waals surface area contributed by atoms with Gasteiger partial charge in [0.1, 0.15) is 18.3 Å². The van der Waals surface area contributed by atoms with Crippen LogP contribution in [0.3, 0.4) is 0 Å². The second-order valence-electron chi connectivity index (χ2n) is 8.81. The first kappa shape index (κ1) is 20.2. The van der Waals surface area contributed by atoms with Crippen LogP contribution in [0, 0.1) is 17.8 Å². The Morgan fingerprint density at radius 1 is 1.25 bits per heavy atom. The number of pyridine rings is 1. The molecule has 0 bridgehead atoms. The van der Waals surface area contributed by atoms with E-state index in [1.807, 2.05) is 6.08 Å². The number of fused-ring (bicyclic) bond motifs is 2. The van der Waals surface area contributed by atoms with Crippen molar-refractivity contribution in [2.45, 2.75) is 37.3 Å². The maximum atomic E-state index is 11.1. The van der Waals surface area contributed by atoms with Crippen LogP contribution >= 0.6 is 11.6 Å². The molecular formula is C22H22ClN3O6. The first-order chi connectivity index (χ1) is 15.5. The van der Waals surface area contributed by atoms with E-state index in [0.717, 1.165) is 18.4 Å². The van der Waals surface area contributed by atoms with E-state index < -0.39 is 12.1 Å². The van der Waals surface area contributed by atoms with E-state index in [9.17, 15) is 9.90 Å². The number of nitrogens with zero attached hydrogens (tertiary/aromatic N) is 2. The summed E-state index contributed by atoms with van der Waals surface area (Å²) in [6.07, 6.45) is 5.88. The minimum Gasteiger partial charge on any atom is -0.481 e. The van der Waals surface area contributed by atoms with Crippen molar-refractivity contribution in [1.29, 1.82) is 0 Å². The van der Waals surface area contributed by atoms with Gasteiger partial charge in [-0.05, 0) is 36.3 Å². The van der Waals surface area contributed by atoms with Crippen LogP contribution in [-0.2, 0) is 14.3 Å². The molecule has 1 saturated carbocycles. The summed E-state index contributed by atoms with van der Waals surface area (Å²) >= 11 is 6.51. The highest BCUT2D eigenvalue weighted by atomic mass is 35.5. The van der Waals surface area contributed by atoms with Crippen molar-refractivity contribution in [2.24, 2.45) is 17.8 Å². The molecule has 2 aromatic heterocycles. The molecule has 2 saturated heterocycles. The number of aromatic amines is 1. The Bertz CT molecular complexity index is 1150. The number of carboxylic acid groups (broad SMARTS) is 1. The highest BCUT2D eigenvalue weighted by Crippen LogP contribution is 2.48. The summed E-state index contributed by atoms with van der Waals surface area (Å²) in [6.45, 7) is 0.544.